The lowest BCUT2D eigenvalue weighted by molar-refractivity contribution is -0.146. The number of piperidine rings is 1. The quantitative estimate of drug-likeness (QED) is 0.913. The summed E-state index contributed by atoms with van der Waals surface area (Å²) in [7, 11) is 0. The first kappa shape index (κ1) is 15.0. The summed E-state index contributed by atoms with van der Waals surface area (Å²) >= 11 is 1.66. The van der Waals surface area contributed by atoms with Gasteiger partial charge in [0.05, 0.1) is 13.2 Å². The van der Waals surface area contributed by atoms with Crippen LogP contribution in [-0.4, -0.2) is 65.8 Å². The number of thiophene rings is 1. The molecule has 0 spiro atoms. The highest BCUT2D eigenvalue weighted by Crippen LogP contribution is 2.25. The van der Waals surface area contributed by atoms with Gasteiger partial charge in [-0.1, -0.05) is 0 Å². The Morgan fingerprint density at radius 2 is 2.19 bits per heavy atom. The molecular formula is C15H22N2O3S. The summed E-state index contributed by atoms with van der Waals surface area (Å²) in [5.74, 6) is -0.691. The largest absolute Gasteiger partial charge is 0.480 e. The third kappa shape index (κ3) is 3.63. The predicted octanol–water partition coefficient (Wildman–Crippen LogP) is 1.50. The van der Waals surface area contributed by atoms with Crippen molar-refractivity contribution in [3.05, 3.63) is 22.4 Å². The van der Waals surface area contributed by atoms with Gasteiger partial charge in [0, 0.05) is 32.2 Å². The van der Waals surface area contributed by atoms with Crippen LogP contribution in [0.1, 0.15) is 18.4 Å². The Labute approximate surface area is 129 Å². The fourth-order valence-electron chi connectivity index (χ4n) is 3.33. The monoisotopic (exact) mass is 310 g/mol. The third-order valence-electron chi connectivity index (χ3n) is 4.50. The van der Waals surface area contributed by atoms with Crippen molar-refractivity contribution in [3.63, 3.8) is 0 Å². The van der Waals surface area contributed by atoms with Gasteiger partial charge in [0.2, 0.25) is 0 Å². The molecule has 3 rings (SSSR count). The minimum Gasteiger partial charge on any atom is -0.480 e. The van der Waals surface area contributed by atoms with Crippen molar-refractivity contribution in [3.8, 4) is 0 Å². The van der Waals surface area contributed by atoms with E-state index < -0.39 is 5.97 Å². The first-order valence-corrected chi connectivity index (χ1v) is 8.48. The number of carboxylic acids is 1. The van der Waals surface area contributed by atoms with Gasteiger partial charge >= 0.3 is 5.97 Å². The summed E-state index contributed by atoms with van der Waals surface area (Å²) in [5.41, 5.74) is 1.22. The Morgan fingerprint density at radius 3 is 2.86 bits per heavy atom. The SMILES string of the molecule is O=C(O)[C@H]1C[C@H](N2CCOCC2)CCN1Cc1ccsc1. The van der Waals surface area contributed by atoms with Crippen molar-refractivity contribution in [1.82, 2.24) is 9.80 Å². The molecule has 2 fully saturated rings. The summed E-state index contributed by atoms with van der Waals surface area (Å²) < 4.78 is 5.39. The van der Waals surface area contributed by atoms with E-state index in [0.717, 1.165) is 52.2 Å². The van der Waals surface area contributed by atoms with Crippen molar-refractivity contribution < 1.29 is 14.6 Å². The van der Waals surface area contributed by atoms with Crippen molar-refractivity contribution in [1.29, 1.82) is 0 Å². The lowest BCUT2D eigenvalue weighted by atomic mass is 9.95. The number of nitrogens with zero attached hydrogens (tertiary/aromatic N) is 2. The number of aliphatic carboxylic acids is 1. The van der Waals surface area contributed by atoms with Gasteiger partial charge in [-0.15, -0.1) is 0 Å². The van der Waals surface area contributed by atoms with Crippen LogP contribution in [0.2, 0.25) is 0 Å². The Hall–Kier alpha value is -0.950. The Kier molecular flexibility index (Phi) is 4.90. The van der Waals surface area contributed by atoms with Crippen LogP contribution >= 0.6 is 11.3 Å². The van der Waals surface area contributed by atoms with Crippen molar-refractivity contribution >= 4 is 17.3 Å². The zero-order valence-corrected chi connectivity index (χ0v) is 12.9. The molecule has 0 radical (unpaired) electrons. The average Bonchev–Trinajstić information content (AvgIpc) is 3.01. The molecule has 2 saturated heterocycles. The molecule has 2 atom stereocenters. The first-order valence-electron chi connectivity index (χ1n) is 7.54. The number of likely N-dealkylation sites (tertiary alicyclic amines) is 1. The Bertz CT molecular complexity index is 459. The summed E-state index contributed by atoms with van der Waals surface area (Å²) in [6, 6.07) is 2.10. The van der Waals surface area contributed by atoms with E-state index >= 15 is 0 Å². The topological polar surface area (TPSA) is 53.0 Å². The number of carbonyl (C=O) groups is 1. The zero-order valence-electron chi connectivity index (χ0n) is 12.1. The van der Waals surface area contributed by atoms with Crippen LogP contribution in [0.3, 0.4) is 0 Å². The van der Waals surface area contributed by atoms with Gasteiger partial charge in [-0.25, -0.2) is 0 Å². The minimum atomic E-state index is -0.691. The lowest BCUT2D eigenvalue weighted by Gasteiger charge is -2.43. The fourth-order valence-corrected chi connectivity index (χ4v) is 3.99. The molecule has 1 aromatic heterocycles. The highest BCUT2D eigenvalue weighted by molar-refractivity contribution is 7.07. The van der Waals surface area contributed by atoms with Crippen molar-refractivity contribution in [2.75, 3.05) is 32.8 Å². The molecule has 6 heteroatoms. The van der Waals surface area contributed by atoms with Crippen LogP contribution in [-0.2, 0) is 16.1 Å². The summed E-state index contributed by atoms with van der Waals surface area (Å²) in [4.78, 5) is 16.2. The predicted molar refractivity (Wildman–Crippen MR) is 81.6 cm³/mol. The molecule has 21 heavy (non-hydrogen) atoms. The van der Waals surface area contributed by atoms with Gasteiger partial charge < -0.3 is 9.84 Å². The normalized spacial score (nSPS) is 28.6. The summed E-state index contributed by atoms with van der Waals surface area (Å²) in [6.45, 7) is 5.01. The fraction of sp³-hybridized carbons (Fsp3) is 0.667. The van der Waals surface area contributed by atoms with E-state index in [1.807, 2.05) is 5.38 Å². The minimum absolute atomic E-state index is 0.369. The third-order valence-corrected chi connectivity index (χ3v) is 5.23. The van der Waals surface area contributed by atoms with Crippen molar-refractivity contribution in [2.24, 2.45) is 0 Å². The van der Waals surface area contributed by atoms with Crippen LogP contribution in [0, 0.1) is 0 Å². The van der Waals surface area contributed by atoms with E-state index in [9.17, 15) is 9.90 Å². The molecule has 2 aliphatic rings. The molecule has 0 aromatic carbocycles. The molecule has 116 valence electrons. The average molecular weight is 310 g/mol. The smallest absolute Gasteiger partial charge is 0.320 e. The van der Waals surface area contributed by atoms with E-state index in [4.69, 9.17) is 4.74 Å². The molecule has 1 aromatic rings. The molecule has 3 heterocycles. The highest BCUT2D eigenvalue weighted by Gasteiger charge is 2.36. The summed E-state index contributed by atoms with van der Waals surface area (Å²) in [5, 5.41) is 13.7. The van der Waals surface area contributed by atoms with E-state index in [-0.39, 0.29) is 6.04 Å². The second-order valence-corrected chi connectivity index (χ2v) is 6.56. The van der Waals surface area contributed by atoms with Gasteiger partial charge in [-0.3, -0.25) is 14.6 Å². The second-order valence-electron chi connectivity index (χ2n) is 5.78. The van der Waals surface area contributed by atoms with Gasteiger partial charge in [-0.05, 0) is 35.2 Å². The molecule has 2 aliphatic heterocycles. The first-order chi connectivity index (χ1) is 10.2. The Morgan fingerprint density at radius 1 is 1.38 bits per heavy atom. The van der Waals surface area contributed by atoms with E-state index in [1.54, 1.807) is 11.3 Å². The van der Waals surface area contributed by atoms with Gasteiger partial charge in [0.15, 0.2) is 0 Å². The van der Waals surface area contributed by atoms with E-state index in [1.165, 1.54) is 5.56 Å². The maximum Gasteiger partial charge on any atom is 0.320 e. The zero-order chi connectivity index (χ0) is 14.7. The molecular weight excluding hydrogens is 288 g/mol. The molecule has 0 aliphatic carbocycles. The van der Waals surface area contributed by atoms with E-state index in [0.29, 0.717) is 6.04 Å². The standard InChI is InChI=1S/C15H22N2O3S/c18-15(19)14-9-13(16-4-6-20-7-5-16)1-3-17(14)10-12-2-8-21-11-12/h2,8,11,13-14H,1,3-7,9-10H2,(H,18,19)/t13-,14-/m1/s1. The summed E-state index contributed by atoms with van der Waals surface area (Å²) in [6.07, 6.45) is 1.77. The number of hydrogen-bond acceptors (Lipinski definition) is 5. The number of hydrogen-bond donors (Lipinski definition) is 1. The van der Waals surface area contributed by atoms with Crippen LogP contribution in [0.25, 0.3) is 0 Å². The Balaban J connectivity index is 1.63. The van der Waals surface area contributed by atoms with Crippen molar-refractivity contribution in [2.45, 2.75) is 31.5 Å². The molecule has 0 bridgehead atoms. The molecule has 5 nitrogen and oxygen atoms in total. The maximum absolute atomic E-state index is 11.6. The molecule has 0 saturated carbocycles. The van der Waals surface area contributed by atoms with Crippen LogP contribution in [0.15, 0.2) is 16.8 Å². The van der Waals surface area contributed by atoms with Gasteiger partial charge in [0.1, 0.15) is 6.04 Å². The van der Waals surface area contributed by atoms with Crippen LogP contribution < -0.4 is 0 Å². The van der Waals surface area contributed by atoms with Crippen LogP contribution in [0.5, 0.6) is 0 Å². The molecule has 1 N–H and O–H groups in total. The maximum atomic E-state index is 11.6. The number of ether oxygens (including phenoxy) is 1. The van der Waals surface area contributed by atoms with E-state index in [2.05, 4.69) is 21.2 Å². The van der Waals surface area contributed by atoms with Crippen LogP contribution in [0.4, 0.5) is 0 Å². The number of rotatable bonds is 4. The van der Waals surface area contributed by atoms with Gasteiger partial charge in [-0.2, -0.15) is 11.3 Å². The second kappa shape index (κ2) is 6.87. The number of morpholine rings is 1. The number of carboxylic acid groups (broad SMARTS) is 1. The van der Waals surface area contributed by atoms with Gasteiger partial charge in [0.25, 0.3) is 0 Å². The lowest BCUT2D eigenvalue weighted by Crippen LogP contribution is -2.54. The molecule has 0 amide bonds. The molecule has 0 unspecified atom stereocenters. The highest BCUT2D eigenvalue weighted by atomic mass is 32.1.